The van der Waals surface area contributed by atoms with Gasteiger partial charge in [-0.2, -0.15) is 13.2 Å². The molecule has 0 aromatic heterocycles. The fourth-order valence-corrected chi connectivity index (χ4v) is 2.10. The number of hydrogen-bond donors (Lipinski definition) is 2. The van der Waals surface area contributed by atoms with Crippen molar-refractivity contribution in [2.45, 2.75) is 38.3 Å². The summed E-state index contributed by atoms with van der Waals surface area (Å²) in [6.45, 7) is 4.37. The van der Waals surface area contributed by atoms with Gasteiger partial charge in [0.2, 0.25) is 0 Å². The Morgan fingerprint density at radius 3 is 2.20 bits per heavy atom. The number of esters is 1. The number of nitrogens with zero attached hydrogens (tertiary/aromatic N) is 1. The van der Waals surface area contributed by atoms with Gasteiger partial charge in [0.05, 0.1) is 5.70 Å². The first-order valence-corrected chi connectivity index (χ1v) is 7.27. The Hall–Kier alpha value is -2.55. The Morgan fingerprint density at radius 2 is 1.72 bits per heavy atom. The highest BCUT2D eigenvalue weighted by atomic mass is 19.4. The van der Waals surface area contributed by atoms with Crippen LogP contribution >= 0.6 is 0 Å². The fourth-order valence-electron chi connectivity index (χ4n) is 2.10. The topological polar surface area (TPSA) is 78.9 Å². The van der Waals surface area contributed by atoms with Gasteiger partial charge in [0, 0.05) is 6.08 Å². The van der Waals surface area contributed by atoms with Gasteiger partial charge in [-0.25, -0.2) is 9.80 Å². The van der Waals surface area contributed by atoms with Crippen LogP contribution in [0.25, 0.3) is 5.70 Å². The second kappa shape index (κ2) is 6.07. The molecule has 1 aromatic carbocycles. The van der Waals surface area contributed by atoms with Gasteiger partial charge < -0.3 is 9.84 Å². The number of hydrazine groups is 1. The average Bonchev–Trinajstić information content (AvgIpc) is 2.84. The molecule has 1 aliphatic heterocycles. The molecule has 0 spiro atoms. The number of alkyl halides is 3. The van der Waals surface area contributed by atoms with Gasteiger partial charge in [-0.1, -0.05) is 30.3 Å². The molecule has 136 valence electrons. The number of carbonyl (C=O) groups excluding carboxylic acids is 2. The van der Waals surface area contributed by atoms with Gasteiger partial charge >= 0.3 is 18.1 Å². The number of aliphatic hydroxyl groups is 1. The van der Waals surface area contributed by atoms with E-state index in [9.17, 15) is 27.9 Å². The van der Waals surface area contributed by atoms with Crippen LogP contribution in [-0.4, -0.2) is 39.5 Å². The molecule has 0 saturated carbocycles. The summed E-state index contributed by atoms with van der Waals surface area (Å²) < 4.78 is 44.9. The molecule has 0 unspecified atom stereocenters. The van der Waals surface area contributed by atoms with Crippen LogP contribution in [0.4, 0.5) is 13.2 Å². The third-order valence-corrected chi connectivity index (χ3v) is 3.20. The number of carbonyl (C=O) groups is 2. The third-order valence-electron chi connectivity index (χ3n) is 3.20. The predicted molar refractivity (Wildman–Crippen MR) is 81.3 cm³/mol. The molecule has 1 aromatic rings. The number of amides is 1. The lowest BCUT2D eigenvalue weighted by Gasteiger charge is -2.33. The van der Waals surface area contributed by atoms with E-state index in [1.54, 1.807) is 18.2 Å². The Morgan fingerprint density at radius 1 is 1.16 bits per heavy atom. The third kappa shape index (κ3) is 3.76. The maximum atomic E-state index is 13.4. The molecule has 0 aliphatic carbocycles. The maximum Gasteiger partial charge on any atom is 0.442 e. The first-order chi connectivity index (χ1) is 11.3. The molecule has 1 heterocycles. The zero-order chi connectivity index (χ0) is 19.0. The van der Waals surface area contributed by atoms with E-state index in [-0.39, 0.29) is 10.7 Å². The van der Waals surface area contributed by atoms with Crippen LogP contribution in [0.3, 0.4) is 0 Å². The first kappa shape index (κ1) is 18.8. The molecule has 0 bridgehead atoms. The van der Waals surface area contributed by atoms with Gasteiger partial charge in [-0.15, -0.1) is 0 Å². The van der Waals surface area contributed by atoms with Crippen molar-refractivity contribution in [2.24, 2.45) is 0 Å². The van der Waals surface area contributed by atoms with Crippen LogP contribution in [0.1, 0.15) is 26.3 Å². The van der Waals surface area contributed by atoms with E-state index in [1.165, 1.54) is 32.9 Å². The maximum absolute atomic E-state index is 13.4. The van der Waals surface area contributed by atoms with E-state index in [0.29, 0.717) is 11.6 Å². The molecule has 9 heteroatoms. The average molecular weight is 358 g/mol. The molecule has 6 nitrogen and oxygen atoms in total. The molecule has 25 heavy (non-hydrogen) atoms. The molecule has 1 amide bonds. The molecule has 2 N–H and O–H groups in total. The van der Waals surface area contributed by atoms with Crippen molar-refractivity contribution in [1.82, 2.24) is 10.4 Å². The molecular formula is C16H17F3N2O4. The minimum absolute atomic E-state index is 0.169. The second-order valence-electron chi connectivity index (χ2n) is 6.40. The van der Waals surface area contributed by atoms with Gasteiger partial charge in [0.15, 0.2) is 0 Å². The lowest BCUT2D eigenvalue weighted by atomic mass is 10.1. The minimum Gasteiger partial charge on any atom is -0.453 e. The molecule has 0 radical (unpaired) electrons. The van der Waals surface area contributed by atoms with E-state index in [0.717, 1.165) is 0 Å². The minimum atomic E-state index is -5.24. The summed E-state index contributed by atoms with van der Waals surface area (Å²) in [6.07, 6.45) is -4.81. The molecule has 2 rings (SSSR count). The molecule has 0 fully saturated rings. The van der Waals surface area contributed by atoms with E-state index >= 15 is 0 Å². The van der Waals surface area contributed by atoms with E-state index < -0.39 is 29.4 Å². The first-order valence-electron chi connectivity index (χ1n) is 7.27. The Bertz CT molecular complexity index is 710. The van der Waals surface area contributed by atoms with Crippen molar-refractivity contribution in [3.05, 3.63) is 42.0 Å². The highest BCUT2D eigenvalue weighted by Crippen LogP contribution is 2.39. The summed E-state index contributed by atoms with van der Waals surface area (Å²) in [5.41, 5.74) is -2.50. The molecule has 1 aliphatic rings. The lowest BCUT2D eigenvalue weighted by Crippen LogP contribution is -2.62. The van der Waals surface area contributed by atoms with Crippen molar-refractivity contribution in [2.75, 3.05) is 0 Å². The van der Waals surface area contributed by atoms with Crippen LogP contribution in [0.15, 0.2) is 36.4 Å². The van der Waals surface area contributed by atoms with Crippen LogP contribution in [0.2, 0.25) is 0 Å². The van der Waals surface area contributed by atoms with Gasteiger partial charge in [-0.3, -0.25) is 10.2 Å². The Kier molecular flexibility index (Phi) is 4.56. The van der Waals surface area contributed by atoms with Gasteiger partial charge in [-0.05, 0) is 26.3 Å². The van der Waals surface area contributed by atoms with Gasteiger partial charge in [0.25, 0.3) is 5.72 Å². The zero-order valence-electron chi connectivity index (χ0n) is 13.7. The van der Waals surface area contributed by atoms with Crippen LogP contribution < -0.4 is 5.43 Å². The number of rotatable bonds is 1. The van der Waals surface area contributed by atoms with Crippen molar-refractivity contribution in [3.8, 4) is 0 Å². The van der Waals surface area contributed by atoms with Crippen LogP contribution in [-0.2, 0) is 14.3 Å². The lowest BCUT2D eigenvalue weighted by molar-refractivity contribution is -0.288. The zero-order valence-corrected chi connectivity index (χ0v) is 13.7. The smallest absolute Gasteiger partial charge is 0.442 e. The highest BCUT2D eigenvalue weighted by molar-refractivity contribution is 6.32. The number of benzene rings is 1. The van der Waals surface area contributed by atoms with E-state index in [4.69, 9.17) is 4.74 Å². The monoisotopic (exact) mass is 358 g/mol. The van der Waals surface area contributed by atoms with Crippen LogP contribution in [0, 0.1) is 0 Å². The summed E-state index contributed by atoms with van der Waals surface area (Å²) in [6, 6.07) is 7.76. The highest BCUT2D eigenvalue weighted by Gasteiger charge is 2.62. The standard InChI is InChI=1S/C16H17F3N2O4/c1-14(2,3)25-13(23)12(22)21-15(24,16(17,18)19)9-11(20-21)10-7-5-4-6-8-10/h4-9,20,24H,1-3H3/t15-/m0/s1. The largest absolute Gasteiger partial charge is 0.453 e. The number of hydrogen-bond acceptors (Lipinski definition) is 5. The quantitative estimate of drug-likeness (QED) is 0.593. The van der Waals surface area contributed by atoms with Crippen LogP contribution in [0.5, 0.6) is 0 Å². The predicted octanol–water partition coefficient (Wildman–Crippen LogP) is 1.97. The normalized spacial score (nSPS) is 20.8. The van der Waals surface area contributed by atoms with Crippen molar-refractivity contribution >= 4 is 17.6 Å². The fraction of sp³-hybridized carbons (Fsp3) is 0.375. The second-order valence-corrected chi connectivity index (χ2v) is 6.40. The number of nitrogens with one attached hydrogen (secondary N) is 1. The van der Waals surface area contributed by atoms with Crippen molar-refractivity contribution in [1.29, 1.82) is 0 Å². The summed E-state index contributed by atoms with van der Waals surface area (Å²) in [5, 5.41) is 9.89. The number of ether oxygens (including phenoxy) is 1. The molecular weight excluding hydrogens is 341 g/mol. The van der Waals surface area contributed by atoms with E-state index in [2.05, 4.69) is 5.43 Å². The Balaban J connectivity index is 2.38. The SMILES string of the molecule is CC(C)(C)OC(=O)C(=O)N1NC(c2ccccc2)=C[C@]1(O)C(F)(F)F. The molecule has 1 atom stereocenters. The van der Waals surface area contributed by atoms with Gasteiger partial charge in [0.1, 0.15) is 5.60 Å². The number of halogens is 3. The van der Waals surface area contributed by atoms with E-state index in [1.807, 2.05) is 0 Å². The van der Waals surface area contributed by atoms with Crippen molar-refractivity contribution < 1.29 is 32.6 Å². The van der Waals surface area contributed by atoms with Crippen molar-refractivity contribution in [3.63, 3.8) is 0 Å². The summed E-state index contributed by atoms with van der Waals surface area (Å²) in [4.78, 5) is 24.0. The summed E-state index contributed by atoms with van der Waals surface area (Å²) in [7, 11) is 0. The molecule has 0 saturated heterocycles. The Labute approximate surface area is 141 Å². The summed E-state index contributed by atoms with van der Waals surface area (Å²) >= 11 is 0. The summed E-state index contributed by atoms with van der Waals surface area (Å²) in [5.74, 6) is -3.19.